The first-order chi connectivity index (χ1) is 9.55. The minimum absolute atomic E-state index is 0.427. The summed E-state index contributed by atoms with van der Waals surface area (Å²) in [5.74, 6) is 0.132. The molecule has 3 nitrogen and oxygen atoms in total. The zero-order valence-corrected chi connectivity index (χ0v) is 11.8. The van der Waals surface area contributed by atoms with Gasteiger partial charge in [0.1, 0.15) is 23.3 Å². The van der Waals surface area contributed by atoms with Crippen molar-refractivity contribution in [1.29, 1.82) is 0 Å². The molecule has 1 heterocycles. The van der Waals surface area contributed by atoms with E-state index in [2.05, 4.69) is 15.3 Å². The van der Waals surface area contributed by atoms with Gasteiger partial charge in [-0.05, 0) is 26.0 Å². The van der Waals surface area contributed by atoms with Crippen LogP contribution < -0.4 is 5.32 Å². The fraction of sp³-hybridized carbons (Fsp3) is 0.333. The molecule has 0 spiro atoms. The van der Waals surface area contributed by atoms with Crippen molar-refractivity contribution in [3.05, 3.63) is 41.2 Å². The van der Waals surface area contributed by atoms with Gasteiger partial charge in [-0.15, -0.1) is 0 Å². The molecule has 1 N–H and O–H groups in total. The van der Waals surface area contributed by atoms with Gasteiger partial charge >= 0.3 is 0 Å². The van der Waals surface area contributed by atoms with Crippen LogP contribution in [0, 0.1) is 18.6 Å². The molecule has 106 valence electrons. The van der Waals surface area contributed by atoms with Crippen molar-refractivity contribution in [3.63, 3.8) is 0 Å². The number of nitrogens with zero attached hydrogens (tertiary/aromatic N) is 2. The highest BCUT2D eigenvalue weighted by atomic mass is 19.1. The summed E-state index contributed by atoms with van der Waals surface area (Å²) in [6.45, 7) is 6.47. The summed E-state index contributed by atoms with van der Waals surface area (Å²) in [6, 6.07) is 3.42. The Labute approximate surface area is 117 Å². The predicted octanol–water partition coefficient (Wildman–Crippen LogP) is 3.72. The average Bonchev–Trinajstić information content (AvgIpc) is 2.40. The molecule has 0 atom stereocenters. The van der Waals surface area contributed by atoms with Gasteiger partial charge in [-0.25, -0.2) is 18.7 Å². The number of hydrogen-bond donors (Lipinski definition) is 1. The van der Waals surface area contributed by atoms with Gasteiger partial charge in [-0.2, -0.15) is 0 Å². The Morgan fingerprint density at radius 2 is 1.70 bits per heavy atom. The lowest BCUT2D eigenvalue weighted by Crippen LogP contribution is -2.07. The van der Waals surface area contributed by atoms with Crippen LogP contribution in [0.4, 0.5) is 14.6 Å². The van der Waals surface area contributed by atoms with Crippen molar-refractivity contribution in [2.75, 3.05) is 11.9 Å². The lowest BCUT2D eigenvalue weighted by molar-refractivity contribution is 0.584. The molecular weight excluding hydrogens is 260 g/mol. The lowest BCUT2D eigenvalue weighted by Gasteiger charge is -2.13. The van der Waals surface area contributed by atoms with Gasteiger partial charge in [0.2, 0.25) is 0 Å². The zero-order valence-electron chi connectivity index (χ0n) is 11.8. The molecule has 5 heteroatoms. The second-order valence-corrected chi connectivity index (χ2v) is 4.50. The SMILES string of the molecule is CCNc1nc(CC)nc(-c2cc(F)cc(F)c2)c1C. The largest absolute Gasteiger partial charge is 0.370 e. The average molecular weight is 277 g/mol. The van der Waals surface area contributed by atoms with Gasteiger partial charge in [0.25, 0.3) is 0 Å². The molecule has 1 aromatic heterocycles. The van der Waals surface area contributed by atoms with E-state index < -0.39 is 11.6 Å². The normalized spacial score (nSPS) is 10.7. The molecule has 2 rings (SSSR count). The first-order valence-electron chi connectivity index (χ1n) is 6.63. The molecule has 0 radical (unpaired) electrons. The van der Waals surface area contributed by atoms with E-state index in [0.29, 0.717) is 29.3 Å². The molecule has 20 heavy (non-hydrogen) atoms. The maximum Gasteiger partial charge on any atom is 0.133 e. The van der Waals surface area contributed by atoms with Gasteiger partial charge < -0.3 is 5.32 Å². The fourth-order valence-corrected chi connectivity index (χ4v) is 2.03. The Morgan fingerprint density at radius 3 is 2.25 bits per heavy atom. The number of hydrogen-bond acceptors (Lipinski definition) is 3. The maximum atomic E-state index is 13.4. The van der Waals surface area contributed by atoms with Crippen LogP contribution in [0.1, 0.15) is 25.2 Å². The molecule has 0 aliphatic heterocycles. The second-order valence-electron chi connectivity index (χ2n) is 4.50. The molecule has 0 aliphatic rings. The number of aryl methyl sites for hydroxylation is 1. The Morgan fingerprint density at radius 1 is 1.05 bits per heavy atom. The molecule has 0 saturated carbocycles. The first kappa shape index (κ1) is 14.4. The number of rotatable bonds is 4. The van der Waals surface area contributed by atoms with E-state index in [0.717, 1.165) is 18.2 Å². The number of anilines is 1. The van der Waals surface area contributed by atoms with E-state index in [1.165, 1.54) is 12.1 Å². The summed E-state index contributed by atoms with van der Waals surface area (Å²) in [6.07, 6.45) is 0.656. The third-order valence-electron chi connectivity index (χ3n) is 2.99. The summed E-state index contributed by atoms with van der Waals surface area (Å²) in [4.78, 5) is 8.80. The van der Waals surface area contributed by atoms with Gasteiger partial charge in [0, 0.05) is 30.2 Å². The monoisotopic (exact) mass is 277 g/mol. The molecule has 2 aromatic rings. The van der Waals surface area contributed by atoms with Gasteiger partial charge in [-0.1, -0.05) is 6.92 Å². The van der Waals surface area contributed by atoms with E-state index in [1.54, 1.807) is 0 Å². The predicted molar refractivity (Wildman–Crippen MR) is 75.7 cm³/mol. The highest BCUT2D eigenvalue weighted by Gasteiger charge is 2.13. The second kappa shape index (κ2) is 5.94. The summed E-state index contributed by atoms with van der Waals surface area (Å²) >= 11 is 0. The third kappa shape index (κ3) is 2.92. The van der Waals surface area contributed by atoms with Crippen LogP contribution in [0.25, 0.3) is 11.3 Å². The summed E-state index contributed by atoms with van der Waals surface area (Å²) in [5, 5.41) is 3.15. The maximum absolute atomic E-state index is 13.4. The quantitative estimate of drug-likeness (QED) is 0.925. The van der Waals surface area contributed by atoms with Crippen LogP contribution in [0.2, 0.25) is 0 Å². The summed E-state index contributed by atoms with van der Waals surface area (Å²) < 4.78 is 26.8. The lowest BCUT2D eigenvalue weighted by atomic mass is 10.1. The van der Waals surface area contributed by atoms with Crippen molar-refractivity contribution in [2.45, 2.75) is 27.2 Å². The van der Waals surface area contributed by atoms with Crippen molar-refractivity contribution in [3.8, 4) is 11.3 Å². The third-order valence-corrected chi connectivity index (χ3v) is 2.99. The van der Waals surface area contributed by atoms with Crippen LogP contribution in [0.5, 0.6) is 0 Å². The number of halogens is 2. The summed E-state index contributed by atoms with van der Waals surface area (Å²) in [7, 11) is 0. The highest BCUT2D eigenvalue weighted by molar-refractivity contribution is 5.68. The van der Waals surface area contributed by atoms with Crippen LogP contribution in [-0.4, -0.2) is 16.5 Å². The number of nitrogens with one attached hydrogen (secondary N) is 1. The van der Waals surface area contributed by atoms with E-state index in [-0.39, 0.29) is 0 Å². The Kier molecular flexibility index (Phi) is 4.27. The Bertz CT molecular complexity index is 607. The van der Waals surface area contributed by atoms with E-state index >= 15 is 0 Å². The smallest absolute Gasteiger partial charge is 0.133 e. The topological polar surface area (TPSA) is 37.8 Å². The van der Waals surface area contributed by atoms with Crippen molar-refractivity contribution < 1.29 is 8.78 Å². The zero-order chi connectivity index (χ0) is 14.7. The minimum Gasteiger partial charge on any atom is -0.370 e. The Hall–Kier alpha value is -2.04. The molecule has 0 bridgehead atoms. The van der Waals surface area contributed by atoms with Crippen LogP contribution >= 0.6 is 0 Å². The molecule has 0 fully saturated rings. The molecule has 0 saturated heterocycles. The number of aromatic nitrogens is 2. The van der Waals surface area contributed by atoms with E-state index in [9.17, 15) is 8.78 Å². The van der Waals surface area contributed by atoms with Crippen LogP contribution in [0.15, 0.2) is 18.2 Å². The molecule has 0 amide bonds. The van der Waals surface area contributed by atoms with Gasteiger partial charge in [-0.3, -0.25) is 0 Å². The molecular formula is C15H17F2N3. The number of benzene rings is 1. The van der Waals surface area contributed by atoms with E-state index in [4.69, 9.17) is 0 Å². The minimum atomic E-state index is -0.610. The molecule has 0 unspecified atom stereocenters. The van der Waals surface area contributed by atoms with Crippen molar-refractivity contribution in [2.24, 2.45) is 0 Å². The molecule has 0 aliphatic carbocycles. The van der Waals surface area contributed by atoms with Crippen LogP contribution in [0.3, 0.4) is 0 Å². The van der Waals surface area contributed by atoms with Crippen LogP contribution in [-0.2, 0) is 6.42 Å². The Balaban J connectivity index is 2.62. The fourth-order valence-electron chi connectivity index (χ4n) is 2.03. The van der Waals surface area contributed by atoms with Gasteiger partial charge in [0.15, 0.2) is 0 Å². The van der Waals surface area contributed by atoms with Gasteiger partial charge in [0.05, 0.1) is 5.69 Å². The first-order valence-corrected chi connectivity index (χ1v) is 6.63. The standard InChI is InChI=1S/C15H17F2N3/c1-4-13-19-14(9(3)15(20-13)18-5-2)10-6-11(16)8-12(17)7-10/h6-8H,4-5H2,1-3H3,(H,18,19,20). The highest BCUT2D eigenvalue weighted by Crippen LogP contribution is 2.27. The van der Waals surface area contributed by atoms with Crippen molar-refractivity contribution >= 4 is 5.82 Å². The molecule has 1 aromatic carbocycles. The van der Waals surface area contributed by atoms with E-state index in [1.807, 2.05) is 20.8 Å². The van der Waals surface area contributed by atoms with Crippen molar-refractivity contribution in [1.82, 2.24) is 9.97 Å². The summed E-state index contributed by atoms with van der Waals surface area (Å²) in [5.41, 5.74) is 1.77.